The summed E-state index contributed by atoms with van der Waals surface area (Å²) in [5.41, 5.74) is 1.06. The lowest BCUT2D eigenvalue weighted by atomic mass is 9.99. The molecule has 2 aromatic rings. The first-order chi connectivity index (χ1) is 15.1. The summed E-state index contributed by atoms with van der Waals surface area (Å²) in [6.45, 7) is 5.04. The van der Waals surface area contributed by atoms with Crippen molar-refractivity contribution < 1.29 is 22.4 Å². The van der Waals surface area contributed by atoms with E-state index in [4.69, 9.17) is 0 Å². The Kier molecular flexibility index (Phi) is 6.17. The third-order valence-electron chi connectivity index (χ3n) is 5.75. The molecule has 2 amide bonds. The molecule has 1 saturated heterocycles. The Balaban J connectivity index is 1.52. The SMILES string of the molecule is Cc1cc(F)ccc1NS(=O)(=O)c1ccc2c(c1)NC(=O)[C@H](C(=O)N1CCC(C)CC1)S2. The Hall–Kier alpha value is -2.59. The van der Waals surface area contributed by atoms with E-state index in [0.717, 1.165) is 24.6 Å². The molecular weight excluding hydrogens is 453 g/mol. The highest BCUT2D eigenvalue weighted by molar-refractivity contribution is 8.01. The van der Waals surface area contributed by atoms with Crippen LogP contribution in [0.1, 0.15) is 25.3 Å². The van der Waals surface area contributed by atoms with Crippen molar-refractivity contribution >= 4 is 45.0 Å². The third kappa shape index (κ3) is 4.61. The molecule has 0 spiro atoms. The number of rotatable bonds is 4. The zero-order chi connectivity index (χ0) is 23.0. The highest BCUT2D eigenvalue weighted by Gasteiger charge is 2.37. The molecule has 4 rings (SSSR count). The Morgan fingerprint density at radius 2 is 1.91 bits per heavy atom. The van der Waals surface area contributed by atoms with Crippen LogP contribution >= 0.6 is 11.8 Å². The fourth-order valence-corrected chi connectivity index (χ4v) is 5.97. The molecule has 2 N–H and O–H groups in total. The van der Waals surface area contributed by atoms with Crippen molar-refractivity contribution in [2.45, 2.75) is 41.7 Å². The topological polar surface area (TPSA) is 95.6 Å². The fourth-order valence-electron chi connectivity index (χ4n) is 3.76. The smallest absolute Gasteiger partial charge is 0.261 e. The molecule has 1 atom stereocenters. The van der Waals surface area contributed by atoms with Gasteiger partial charge in [0.05, 0.1) is 16.3 Å². The number of amides is 2. The highest BCUT2D eigenvalue weighted by Crippen LogP contribution is 2.38. The second kappa shape index (κ2) is 8.74. The number of nitrogens with zero attached hydrogens (tertiary/aromatic N) is 1. The van der Waals surface area contributed by atoms with Gasteiger partial charge in [-0.1, -0.05) is 6.92 Å². The van der Waals surface area contributed by atoms with Crippen LogP contribution in [0, 0.1) is 18.7 Å². The molecule has 0 aliphatic carbocycles. The largest absolute Gasteiger partial charge is 0.341 e. The van der Waals surface area contributed by atoms with Crippen LogP contribution in [-0.4, -0.2) is 43.5 Å². The monoisotopic (exact) mass is 477 g/mol. The fraction of sp³-hybridized carbons (Fsp3) is 0.364. The van der Waals surface area contributed by atoms with Crippen molar-refractivity contribution in [3.8, 4) is 0 Å². The van der Waals surface area contributed by atoms with Gasteiger partial charge >= 0.3 is 0 Å². The predicted molar refractivity (Wildman–Crippen MR) is 122 cm³/mol. The third-order valence-corrected chi connectivity index (χ3v) is 8.38. The first kappa shape index (κ1) is 22.6. The average molecular weight is 478 g/mol. The van der Waals surface area contributed by atoms with Gasteiger partial charge in [0.15, 0.2) is 5.25 Å². The summed E-state index contributed by atoms with van der Waals surface area (Å²) in [4.78, 5) is 27.8. The van der Waals surface area contributed by atoms with Crippen LogP contribution in [0.25, 0.3) is 0 Å². The number of likely N-dealkylation sites (tertiary alicyclic amines) is 1. The van der Waals surface area contributed by atoms with Crippen molar-refractivity contribution in [2.75, 3.05) is 23.1 Å². The van der Waals surface area contributed by atoms with Gasteiger partial charge in [0.1, 0.15) is 5.82 Å². The molecule has 170 valence electrons. The van der Waals surface area contributed by atoms with E-state index in [1.54, 1.807) is 17.9 Å². The lowest BCUT2D eigenvalue weighted by Gasteiger charge is -2.33. The van der Waals surface area contributed by atoms with Crippen molar-refractivity contribution in [2.24, 2.45) is 5.92 Å². The van der Waals surface area contributed by atoms with Gasteiger partial charge in [0.2, 0.25) is 11.8 Å². The molecule has 7 nitrogen and oxygen atoms in total. The normalized spacial score (nSPS) is 19.3. The van der Waals surface area contributed by atoms with E-state index in [9.17, 15) is 22.4 Å². The van der Waals surface area contributed by atoms with E-state index in [1.165, 1.54) is 30.3 Å². The second-order valence-electron chi connectivity index (χ2n) is 8.22. The number of fused-ring (bicyclic) bond motifs is 1. The molecule has 2 aliphatic rings. The van der Waals surface area contributed by atoms with Crippen LogP contribution in [0.15, 0.2) is 46.2 Å². The maximum atomic E-state index is 13.3. The van der Waals surface area contributed by atoms with Crippen LogP contribution < -0.4 is 10.0 Å². The summed E-state index contributed by atoms with van der Waals surface area (Å²) < 4.78 is 41.4. The summed E-state index contributed by atoms with van der Waals surface area (Å²) in [6.07, 6.45) is 1.84. The summed E-state index contributed by atoms with van der Waals surface area (Å²) in [5, 5.41) is 1.79. The first-order valence-corrected chi connectivity index (χ1v) is 12.7. The quantitative estimate of drug-likeness (QED) is 0.656. The van der Waals surface area contributed by atoms with Crippen LogP contribution in [0.5, 0.6) is 0 Å². The number of carbonyl (C=O) groups is 2. The van der Waals surface area contributed by atoms with Crippen molar-refractivity contribution in [3.05, 3.63) is 47.8 Å². The molecule has 0 saturated carbocycles. The molecule has 0 radical (unpaired) electrons. The van der Waals surface area contributed by atoms with Crippen LogP contribution in [0.3, 0.4) is 0 Å². The van der Waals surface area contributed by atoms with E-state index in [1.807, 2.05) is 0 Å². The van der Waals surface area contributed by atoms with Gasteiger partial charge < -0.3 is 10.2 Å². The van der Waals surface area contributed by atoms with Gasteiger partial charge in [-0.2, -0.15) is 0 Å². The Morgan fingerprint density at radius 3 is 2.59 bits per heavy atom. The summed E-state index contributed by atoms with van der Waals surface area (Å²) >= 11 is 1.13. The molecule has 1 fully saturated rings. The van der Waals surface area contributed by atoms with Crippen LogP contribution in [0.4, 0.5) is 15.8 Å². The van der Waals surface area contributed by atoms with Gasteiger partial charge in [-0.25, -0.2) is 12.8 Å². The maximum Gasteiger partial charge on any atom is 0.261 e. The number of carbonyl (C=O) groups excluding carboxylic acids is 2. The molecule has 2 aliphatic heterocycles. The molecule has 0 bridgehead atoms. The number of hydrogen-bond acceptors (Lipinski definition) is 5. The zero-order valence-corrected chi connectivity index (χ0v) is 19.4. The number of piperidine rings is 1. The Bertz CT molecular complexity index is 1180. The molecule has 2 heterocycles. The number of benzene rings is 2. The van der Waals surface area contributed by atoms with Crippen LogP contribution in [-0.2, 0) is 19.6 Å². The Labute approximate surface area is 190 Å². The van der Waals surface area contributed by atoms with E-state index < -0.39 is 27.0 Å². The van der Waals surface area contributed by atoms with E-state index >= 15 is 0 Å². The number of sulfonamides is 1. The summed E-state index contributed by atoms with van der Waals surface area (Å²) in [7, 11) is -3.96. The number of nitrogens with one attached hydrogen (secondary N) is 2. The Morgan fingerprint density at radius 1 is 1.19 bits per heavy atom. The number of hydrogen-bond donors (Lipinski definition) is 2. The van der Waals surface area contributed by atoms with Crippen molar-refractivity contribution in [1.29, 1.82) is 0 Å². The number of anilines is 2. The summed E-state index contributed by atoms with van der Waals surface area (Å²) in [6, 6.07) is 8.15. The van der Waals surface area contributed by atoms with Gasteiger partial charge in [-0.15, -0.1) is 11.8 Å². The predicted octanol–water partition coefficient (Wildman–Crippen LogP) is 3.61. The van der Waals surface area contributed by atoms with Crippen LogP contribution in [0.2, 0.25) is 0 Å². The maximum absolute atomic E-state index is 13.3. The molecule has 2 aromatic carbocycles. The number of halogens is 1. The number of thioether (sulfide) groups is 1. The molecular formula is C22H24FN3O4S2. The zero-order valence-electron chi connectivity index (χ0n) is 17.7. The van der Waals surface area contributed by atoms with E-state index in [0.29, 0.717) is 35.2 Å². The van der Waals surface area contributed by atoms with Gasteiger partial charge in [0, 0.05) is 18.0 Å². The minimum Gasteiger partial charge on any atom is -0.341 e. The first-order valence-electron chi connectivity index (χ1n) is 10.3. The van der Waals surface area contributed by atoms with Gasteiger partial charge in [-0.05, 0) is 67.6 Å². The lowest BCUT2D eigenvalue weighted by molar-refractivity contribution is -0.135. The second-order valence-corrected chi connectivity index (χ2v) is 11.0. The standard InChI is InChI=1S/C22H24FN3O4S2/c1-13-7-9-26(10-8-13)22(28)20-21(27)24-18-12-16(4-6-19(18)31-20)32(29,30)25-17-5-3-15(23)11-14(17)2/h3-6,11-13,20,25H,7-10H2,1-2H3,(H,24,27)/t20-/m1/s1. The average Bonchev–Trinajstić information content (AvgIpc) is 2.75. The van der Waals surface area contributed by atoms with E-state index in [2.05, 4.69) is 17.0 Å². The number of aryl methyl sites for hydroxylation is 1. The molecule has 0 aromatic heterocycles. The van der Waals surface area contributed by atoms with Gasteiger partial charge in [-0.3, -0.25) is 14.3 Å². The highest BCUT2D eigenvalue weighted by atomic mass is 32.2. The minimum absolute atomic E-state index is 0.0457. The van der Waals surface area contributed by atoms with Gasteiger partial charge in [0.25, 0.3) is 10.0 Å². The van der Waals surface area contributed by atoms with Crippen molar-refractivity contribution in [3.63, 3.8) is 0 Å². The molecule has 10 heteroatoms. The summed E-state index contributed by atoms with van der Waals surface area (Å²) in [5.74, 6) is -0.555. The van der Waals surface area contributed by atoms with E-state index in [-0.39, 0.29) is 16.5 Å². The molecule has 0 unspecified atom stereocenters. The minimum atomic E-state index is -3.96. The van der Waals surface area contributed by atoms with Crippen molar-refractivity contribution in [1.82, 2.24) is 4.90 Å². The lowest BCUT2D eigenvalue weighted by Crippen LogP contribution is -2.47. The molecule has 32 heavy (non-hydrogen) atoms.